The Bertz CT molecular complexity index is 336. The highest BCUT2D eigenvalue weighted by Gasteiger charge is 2.26. The topological polar surface area (TPSA) is 49.9 Å². The summed E-state index contributed by atoms with van der Waals surface area (Å²) < 4.78 is 4.97. The van der Waals surface area contributed by atoms with Crippen LogP contribution in [0.1, 0.15) is 40.5 Å². The summed E-state index contributed by atoms with van der Waals surface area (Å²) in [5.41, 5.74) is 0. The average molecular weight is 298 g/mol. The molecule has 0 aromatic carbocycles. The van der Waals surface area contributed by atoms with Crippen molar-refractivity contribution in [3.63, 3.8) is 0 Å². The van der Waals surface area contributed by atoms with Crippen molar-refractivity contribution >= 4 is 11.9 Å². The zero-order valence-corrected chi connectivity index (χ0v) is 13.9. The van der Waals surface area contributed by atoms with Gasteiger partial charge in [0.15, 0.2) is 0 Å². The Kier molecular flexibility index (Phi) is 7.72. The van der Waals surface area contributed by atoms with Gasteiger partial charge >= 0.3 is 5.97 Å². The van der Waals surface area contributed by atoms with E-state index in [2.05, 4.69) is 13.8 Å². The lowest BCUT2D eigenvalue weighted by Crippen LogP contribution is -2.48. The number of hydrogen-bond donors (Lipinski definition) is 0. The van der Waals surface area contributed by atoms with Gasteiger partial charge in [-0.2, -0.15) is 0 Å². The first-order valence-corrected chi connectivity index (χ1v) is 8.11. The van der Waals surface area contributed by atoms with E-state index in [1.807, 2.05) is 16.7 Å². The Labute approximate surface area is 128 Å². The predicted octanol–water partition coefficient (Wildman–Crippen LogP) is 1.77. The molecule has 1 rings (SSSR count). The van der Waals surface area contributed by atoms with Gasteiger partial charge in [-0.15, -0.1) is 0 Å². The van der Waals surface area contributed by atoms with Gasteiger partial charge in [0.1, 0.15) is 0 Å². The fourth-order valence-corrected chi connectivity index (χ4v) is 3.08. The number of amides is 1. The van der Waals surface area contributed by atoms with Crippen LogP contribution in [0, 0.1) is 11.8 Å². The highest BCUT2D eigenvalue weighted by atomic mass is 16.5. The van der Waals surface area contributed by atoms with Gasteiger partial charge in [-0.3, -0.25) is 14.5 Å². The molecule has 1 saturated heterocycles. The molecule has 5 nitrogen and oxygen atoms in total. The summed E-state index contributed by atoms with van der Waals surface area (Å²) >= 11 is 0. The first-order chi connectivity index (χ1) is 9.96. The van der Waals surface area contributed by atoms with Gasteiger partial charge in [-0.25, -0.2) is 0 Å². The lowest BCUT2D eigenvalue weighted by molar-refractivity contribution is -0.145. The third-order valence-electron chi connectivity index (χ3n) is 3.78. The number of nitrogens with zero attached hydrogens (tertiary/aromatic N) is 2. The number of carbonyl (C=O) groups excluding carboxylic acids is 2. The number of carbonyl (C=O) groups is 2. The van der Waals surface area contributed by atoms with Crippen LogP contribution in [-0.4, -0.2) is 61.0 Å². The van der Waals surface area contributed by atoms with E-state index in [1.54, 1.807) is 6.92 Å². The van der Waals surface area contributed by atoms with Gasteiger partial charge in [0.2, 0.25) is 5.91 Å². The molecule has 2 atom stereocenters. The molecule has 0 N–H and O–H groups in total. The molecule has 0 bridgehead atoms. The summed E-state index contributed by atoms with van der Waals surface area (Å²) in [6.07, 6.45) is 2.10. The summed E-state index contributed by atoms with van der Waals surface area (Å²) in [6, 6.07) is 0. The molecule has 21 heavy (non-hydrogen) atoms. The minimum absolute atomic E-state index is 0.131. The second-order valence-corrected chi connectivity index (χ2v) is 6.26. The number of likely N-dealkylation sites (tertiary alicyclic amines) is 1. The number of esters is 1. The number of ether oxygens (including phenoxy) is 1. The van der Waals surface area contributed by atoms with E-state index in [4.69, 9.17) is 4.74 Å². The van der Waals surface area contributed by atoms with Crippen molar-refractivity contribution in [2.45, 2.75) is 40.5 Å². The molecule has 0 radical (unpaired) electrons. The maximum atomic E-state index is 12.4. The molecule has 0 aromatic rings. The minimum atomic E-state index is -0.251. The van der Waals surface area contributed by atoms with E-state index >= 15 is 0 Å². The van der Waals surface area contributed by atoms with Crippen molar-refractivity contribution in [3.05, 3.63) is 0 Å². The van der Waals surface area contributed by atoms with Crippen molar-refractivity contribution in [2.24, 2.45) is 11.8 Å². The summed E-state index contributed by atoms with van der Waals surface area (Å²) in [7, 11) is 0. The highest BCUT2D eigenvalue weighted by molar-refractivity contribution is 5.79. The van der Waals surface area contributed by atoms with Gasteiger partial charge in [-0.1, -0.05) is 20.8 Å². The Morgan fingerprint density at radius 3 is 2.29 bits per heavy atom. The minimum Gasteiger partial charge on any atom is -0.465 e. The van der Waals surface area contributed by atoms with Crippen molar-refractivity contribution in [1.82, 2.24) is 9.80 Å². The van der Waals surface area contributed by atoms with Crippen LogP contribution in [0.2, 0.25) is 0 Å². The van der Waals surface area contributed by atoms with Crippen LogP contribution in [0.3, 0.4) is 0 Å². The standard InChI is InChI=1S/C16H30N2O3/c1-5-7-17(12-16(20)21-6-2)11-15(19)18-9-13(3)8-14(4)10-18/h13-14H,5-12H2,1-4H3. The quantitative estimate of drug-likeness (QED) is 0.672. The molecule has 1 aliphatic rings. The zero-order chi connectivity index (χ0) is 15.8. The van der Waals surface area contributed by atoms with Crippen LogP contribution in [0.5, 0.6) is 0 Å². The number of hydrogen-bond acceptors (Lipinski definition) is 4. The molecule has 0 spiro atoms. The number of piperidine rings is 1. The van der Waals surface area contributed by atoms with Crippen LogP contribution in [0.4, 0.5) is 0 Å². The molecule has 1 amide bonds. The first-order valence-electron chi connectivity index (χ1n) is 8.11. The fourth-order valence-electron chi connectivity index (χ4n) is 3.08. The lowest BCUT2D eigenvalue weighted by Gasteiger charge is -2.36. The summed E-state index contributed by atoms with van der Waals surface area (Å²) in [6.45, 7) is 11.5. The van der Waals surface area contributed by atoms with E-state index in [0.717, 1.165) is 26.1 Å². The van der Waals surface area contributed by atoms with Gasteiger partial charge < -0.3 is 9.64 Å². The molecule has 0 aliphatic carbocycles. The van der Waals surface area contributed by atoms with Gasteiger partial charge in [-0.05, 0) is 38.1 Å². The fraction of sp³-hybridized carbons (Fsp3) is 0.875. The molecular formula is C16H30N2O3. The van der Waals surface area contributed by atoms with Crippen molar-refractivity contribution in [3.8, 4) is 0 Å². The second-order valence-electron chi connectivity index (χ2n) is 6.26. The van der Waals surface area contributed by atoms with Crippen LogP contribution < -0.4 is 0 Å². The monoisotopic (exact) mass is 298 g/mol. The van der Waals surface area contributed by atoms with Crippen LogP contribution in [-0.2, 0) is 14.3 Å². The highest BCUT2D eigenvalue weighted by Crippen LogP contribution is 2.21. The SMILES string of the molecule is CCCN(CC(=O)OCC)CC(=O)N1CC(C)CC(C)C1. The smallest absolute Gasteiger partial charge is 0.320 e. The number of rotatable bonds is 7. The lowest BCUT2D eigenvalue weighted by atomic mass is 9.92. The van der Waals surface area contributed by atoms with Gasteiger partial charge in [0, 0.05) is 13.1 Å². The molecule has 1 heterocycles. The normalized spacial score (nSPS) is 22.4. The molecule has 0 aromatic heterocycles. The largest absolute Gasteiger partial charge is 0.465 e. The van der Waals surface area contributed by atoms with E-state index in [0.29, 0.717) is 25.0 Å². The molecule has 1 aliphatic heterocycles. The third-order valence-corrected chi connectivity index (χ3v) is 3.78. The first kappa shape index (κ1) is 18.0. The van der Waals surface area contributed by atoms with E-state index in [1.165, 1.54) is 6.42 Å². The van der Waals surface area contributed by atoms with E-state index < -0.39 is 0 Å². The van der Waals surface area contributed by atoms with E-state index in [-0.39, 0.29) is 18.4 Å². The Morgan fingerprint density at radius 2 is 1.76 bits per heavy atom. The summed E-state index contributed by atoms with van der Waals surface area (Å²) in [4.78, 5) is 27.9. The zero-order valence-electron chi connectivity index (χ0n) is 13.9. The summed E-state index contributed by atoms with van der Waals surface area (Å²) in [5.74, 6) is 0.995. The average Bonchev–Trinajstić information content (AvgIpc) is 2.37. The molecule has 1 fully saturated rings. The second kappa shape index (κ2) is 9.03. The summed E-state index contributed by atoms with van der Waals surface area (Å²) in [5, 5.41) is 0. The maximum absolute atomic E-state index is 12.4. The van der Waals surface area contributed by atoms with Crippen molar-refractivity contribution in [2.75, 3.05) is 39.3 Å². The van der Waals surface area contributed by atoms with Crippen molar-refractivity contribution < 1.29 is 14.3 Å². The maximum Gasteiger partial charge on any atom is 0.320 e. The Hall–Kier alpha value is -1.10. The van der Waals surface area contributed by atoms with E-state index in [9.17, 15) is 9.59 Å². The molecule has 122 valence electrons. The van der Waals surface area contributed by atoms with Gasteiger partial charge in [0.25, 0.3) is 0 Å². The van der Waals surface area contributed by atoms with Crippen LogP contribution >= 0.6 is 0 Å². The molecule has 0 saturated carbocycles. The Morgan fingerprint density at radius 1 is 1.14 bits per heavy atom. The van der Waals surface area contributed by atoms with Crippen molar-refractivity contribution in [1.29, 1.82) is 0 Å². The Balaban J connectivity index is 2.52. The third kappa shape index (κ3) is 6.46. The van der Waals surface area contributed by atoms with Crippen LogP contribution in [0.25, 0.3) is 0 Å². The molecular weight excluding hydrogens is 268 g/mol. The molecule has 2 unspecified atom stereocenters. The molecule has 5 heteroatoms. The van der Waals surface area contributed by atoms with Crippen LogP contribution in [0.15, 0.2) is 0 Å². The predicted molar refractivity (Wildman–Crippen MR) is 82.9 cm³/mol. The van der Waals surface area contributed by atoms with Gasteiger partial charge in [0.05, 0.1) is 19.7 Å².